The first kappa shape index (κ1) is 17.9. The summed E-state index contributed by atoms with van der Waals surface area (Å²) >= 11 is 5.87. The predicted molar refractivity (Wildman–Crippen MR) is 95.2 cm³/mol. The Morgan fingerprint density at radius 3 is 2.32 bits per heavy atom. The number of hydrogen-bond donors (Lipinski definition) is 1. The van der Waals surface area contributed by atoms with Crippen molar-refractivity contribution in [2.24, 2.45) is 0 Å². The Balaban J connectivity index is 1.75. The maximum absolute atomic E-state index is 13.0. The molecule has 1 aliphatic carbocycles. The highest BCUT2D eigenvalue weighted by Crippen LogP contribution is 2.30. The van der Waals surface area contributed by atoms with E-state index in [2.05, 4.69) is 5.32 Å². The molecule has 0 radical (unpaired) electrons. The van der Waals surface area contributed by atoms with Crippen LogP contribution in [0.2, 0.25) is 5.02 Å². The quantitative estimate of drug-likeness (QED) is 0.851. The molecule has 0 spiro atoms. The van der Waals surface area contributed by atoms with Gasteiger partial charge < -0.3 is 5.32 Å². The molecule has 0 heterocycles. The average Bonchev–Trinajstić information content (AvgIpc) is 3.10. The maximum atomic E-state index is 13.0. The van der Waals surface area contributed by atoms with Crippen molar-refractivity contribution < 1.29 is 17.6 Å². The molecule has 4 nitrogen and oxygen atoms in total. The summed E-state index contributed by atoms with van der Waals surface area (Å²) in [5.74, 6) is -1.01. The first-order chi connectivity index (χ1) is 11.9. The number of rotatable bonds is 4. The highest BCUT2D eigenvalue weighted by atomic mass is 35.5. The van der Waals surface area contributed by atoms with E-state index >= 15 is 0 Å². The number of halogens is 2. The lowest BCUT2D eigenvalue weighted by atomic mass is 10.2. The van der Waals surface area contributed by atoms with E-state index in [-0.39, 0.29) is 20.7 Å². The van der Waals surface area contributed by atoms with Crippen molar-refractivity contribution in [3.63, 3.8) is 0 Å². The molecule has 0 unspecified atom stereocenters. The third kappa shape index (κ3) is 3.85. The molecule has 3 rings (SSSR count). The molecule has 1 aliphatic rings. The van der Waals surface area contributed by atoms with Gasteiger partial charge in [-0.3, -0.25) is 4.79 Å². The Labute approximate surface area is 150 Å². The van der Waals surface area contributed by atoms with Crippen LogP contribution >= 0.6 is 11.6 Å². The summed E-state index contributed by atoms with van der Waals surface area (Å²) in [5, 5.41) is 2.32. The number of benzene rings is 2. The molecule has 0 aliphatic heterocycles. The van der Waals surface area contributed by atoms with Gasteiger partial charge in [0.2, 0.25) is 0 Å². The molecule has 1 N–H and O–H groups in total. The number of sulfone groups is 1. The highest BCUT2D eigenvalue weighted by molar-refractivity contribution is 7.92. The minimum Gasteiger partial charge on any atom is -0.322 e. The minimum absolute atomic E-state index is 0.0120. The van der Waals surface area contributed by atoms with Gasteiger partial charge in [-0.15, -0.1) is 0 Å². The molecule has 25 heavy (non-hydrogen) atoms. The van der Waals surface area contributed by atoms with Gasteiger partial charge in [0, 0.05) is 5.69 Å². The largest absolute Gasteiger partial charge is 0.322 e. The minimum atomic E-state index is -3.32. The Kier molecular flexibility index (Phi) is 5.11. The topological polar surface area (TPSA) is 63.2 Å². The molecule has 2 aromatic carbocycles. The van der Waals surface area contributed by atoms with Gasteiger partial charge in [0.25, 0.3) is 5.91 Å². The second-order valence-electron chi connectivity index (χ2n) is 6.05. The average molecular weight is 382 g/mol. The van der Waals surface area contributed by atoms with Crippen LogP contribution in [0.15, 0.2) is 47.4 Å². The fraction of sp³-hybridized carbons (Fsp3) is 0.278. The molecule has 1 saturated carbocycles. The maximum Gasteiger partial charge on any atom is 0.257 e. The van der Waals surface area contributed by atoms with Gasteiger partial charge in [-0.1, -0.05) is 24.4 Å². The molecule has 0 saturated heterocycles. The normalized spacial score (nSPS) is 15.3. The molecule has 0 bridgehead atoms. The molecule has 1 fully saturated rings. The second-order valence-corrected chi connectivity index (χ2v) is 8.69. The first-order valence-electron chi connectivity index (χ1n) is 7.98. The van der Waals surface area contributed by atoms with Crippen molar-refractivity contribution in [1.82, 2.24) is 0 Å². The van der Waals surface area contributed by atoms with Gasteiger partial charge in [0.1, 0.15) is 5.82 Å². The Bertz CT molecular complexity index is 891. The van der Waals surface area contributed by atoms with Crippen LogP contribution in [0.5, 0.6) is 0 Å². The zero-order valence-corrected chi connectivity index (χ0v) is 14.9. The highest BCUT2D eigenvalue weighted by Gasteiger charge is 2.30. The summed E-state index contributed by atoms with van der Waals surface area (Å²) in [6.07, 6.45) is 3.28. The van der Waals surface area contributed by atoms with Crippen LogP contribution in [0.4, 0.5) is 10.1 Å². The van der Waals surface area contributed by atoms with Crippen LogP contribution in [-0.2, 0) is 9.84 Å². The summed E-state index contributed by atoms with van der Waals surface area (Å²) in [6.45, 7) is 0. The van der Waals surface area contributed by atoms with Crippen molar-refractivity contribution in [3.8, 4) is 0 Å². The van der Waals surface area contributed by atoms with E-state index in [1.807, 2.05) is 0 Å². The zero-order chi connectivity index (χ0) is 18.0. The lowest BCUT2D eigenvalue weighted by Crippen LogP contribution is -2.18. The molecular weight excluding hydrogens is 365 g/mol. The fourth-order valence-corrected chi connectivity index (χ4v) is 5.10. The van der Waals surface area contributed by atoms with Crippen molar-refractivity contribution in [1.29, 1.82) is 0 Å². The van der Waals surface area contributed by atoms with Gasteiger partial charge in [0.15, 0.2) is 9.84 Å². The van der Waals surface area contributed by atoms with E-state index in [1.165, 1.54) is 30.3 Å². The molecule has 7 heteroatoms. The van der Waals surface area contributed by atoms with Crippen LogP contribution in [0.1, 0.15) is 36.0 Å². The molecule has 132 valence electrons. The van der Waals surface area contributed by atoms with E-state index in [4.69, 9.17) is 11.6 Å². The number of carbonyl (C=O) groups is 1. The van der Waals surface area contributed by atoms with E-state index in [0.29, 0.717) is 18.5 Å². The van der Waals surface area contributed by atoms with Crippen LogP contribution in [0, 0.1) is 5.82 Å². The predicted octanol–water partition coefficient (Wildman–Crippen LogP) is 4.45. The first-order valence-corrected chi connectivity index (χ1v) is 9.91. The van der Waals surface area contributed by atoms with E-state index in [9.17, 15) is 17.6 Å². The number of amides is 1. The van der Waals surface area contributed by atoms with Crippen LogP contribution < -0.4 is 5.32 Å². The smallest absolute Gasteiger partial charge is 0.257 e. The van der Waals surface area contributed by atoms with E-state index in [1.54, 1.807) is 0 Å². The summed E-state index contributed by atoms with van der Waals surface area (Å²) in [6, 6.07) is 9.58. The summed E-state index contributed by atoms with van der Waals surface area (Å²) < 4.78 is 38.1. The fourth-order valence-electron chi connectivity index (χ4n) is 2.99. The van der Waals surface area contributed by atoms with Crippen LogP contribution in [0.25, 0.3) is 0 Å². The molecule has 0 aromatic heterocycles. The summed E-state index contributed by atoms with van der Waals surface area (Å²) in [5.41, 5.74) is 0.585. The van der Waals surface area contributed by atoms with E-state index in [0.717, 1.165) is 25.0 Å². The zero-order valence-electron chi connectivity index (χ0n) is 13.3. The van der Waals surface area contributed by atoms with Gasteiger partial charge in [-0.05, 0) is 55.3 Å². The van der Waals surface area contributed by atoms with Crippen molar-refractivity contribution in [2.75, 3.05) is 5.32 Å². The van der Waals surface area contributed by atoms with Gasteiger partial charge >= 0.3 is 0 Å². The lowest BCUT2D eigenvalue weighted by Gasteiger charge is -2.12. The number of hydrogen-bond acceptors (Lipinski definition) is 3. The summed E-state index contributed by atoms with van der Waals surface area (Å²) in [7, 11) is -3.32. The lowest BCUT2D eigenvalue weighted by molar-refractivity contribution is 0.102. The molecule has 0 atom stereocenters. The number of carbonyl (C=O) groups excluding carboxylic acids is 1. The third-order valence-electron chi connectivity index (χ3n) is 4.36. The van der Waals surface area contributed by atoms with E-state index < -0.39 is 21.6 Å². The Morgan fingerprint density at radius 2 is 1.72 bits per heavy atom. The second kappa shape index (κ2) is 7.14. The molecule has 1 amide bonds. The standard InChI is InChI=1S/C18H17ClFNO3S/c19-17-11-12(20)5-10-16(17)18(22)21-13-6-8-15(9-7-13)25(23,24)14-3-1-2-4-14/h5-11,14H,1-4H2,(H,21,22). The molecule has 2 aromatic rings. The van der Waals surface area contributed by atoms with Crippen LogP contribution in [0.3, 0.4) is 0 Å². The van der Waals surface area contributed by atoms with Crippen molar-refractivity contribution in [3.05, 3.63) is 58.9 Å². The van der Waals surface area contributed by atoms with Crippen molar-refractivity contribution >= 4 is 33.0 Å². The SMILES string of the molecule is O=C(Nc1ccc(S(=O)(=O)C2CCCC2)cc1)c1ccc(F)cc1Cl. The van der Waals surface area contributed by atoms with Crippen LogP contribution in [-0.4, -0.2) is 19.6 Å². The summed E-state index contributed by atoms with van der Waals surface area (Å²) in [4.78, 5) is 12.5. The number of anilines is 1. The van der Waals surface area contributed by atoms with Gasteiger partial charge in [-0.2, -0.15) is 0 Å². The van der Waals surface area contributed by atoms with Gasteiger partial charge in [-0.25, -0.2) is 12.8 Å². The van der Waals surface area contributed by atoms with Crippen molar-refractivity contribution in [2.45, 2.75) is 35.8 Å². The third-order valence-corrected chi connectivity index (χ3v) is 6.95. The van der Waals surface area contributed by atoms with Gasteiger partial charge in [0.05, 0.1) is 20.7 Å². The molecular formula is C18H17ClFNO3S. The Morgan fingerprint density at radius 1 is 1.08 bits per heavy atom. The Hall–Kier alpha value is -1.92. The monoisotopic (exact) mass is 381 g/mol. The number of nitrogens with one attached hydrogen (secondary N) is 1.